The standard InChI is InChI=1S/C66H43N5O/c1-66(2)55-25-12-9-20-47(55)52-38-54-53-36-43(31-35-58(53)71(60(54)39-56(52)66)65-68-63(41-16-5-3-6-17-41)67-64(69-65)42-18-7-4-8-19-42)44-30-34-49-48-21-10-13-26-57(48)70(59(49)37-44)45-32-28-40(29-33-45)46-23-15-24-51-50-22-11-14-27-61(50)72-62(46)51/h3-39H,1-2H3. The van der Waals surface area contributed by atoms with Crippen molar-refractivity contribution in [2.75, 3.05) is 0 Å². The Balaban J connectivity index is 0.922. The van der Waals surface area contributed by atoms with E-state index in [-0.39, 0.29) is 5.41 Å². The second kappa shape index (κ2) is 15.3. The largest absolute Gasteiger partial charge is 0.455 e. The Morgan fingerprint density at radius 3 is 1.72 bits per heavy atom. The predicted molar refractivity (Wildman–Crippen MR) is 295 cm³/mol. The summed E-state index contributed by atoms with van der Waals surface area (Å²) >= 11 is 0. The molecule has 0 saturated heterocycles. The summed E-state index contributed by atoms with van der Waals surface area (Å²) in [5.74, 6) is 1.83. The molecular weight excluding hydrogens is 879 g/mol. The average Bonchev–Trinajstić information content (AvgIpc) is 4.15. The van der Waals surface area contributed by atoms with Gasteiger partial charge in [0.2, 0.25) is 5.95 Å². The third kappa shape index (κ3) is 5.99. The molecule has 14 aromatic rings. The molecule has 15 rings (SSSR count). The molecule has 10 aromatic carbocycles. The number of hydrogen-bond donors (Lipinski definition) is 0. The molecule has 0 saturated carbocycles. The van der Waals surface area contributed by atoms with Gasteiger partial charge in [0.05, 0.1) is 22.1 Å². The summed E-state index contributed by atoms with van der Waals surface area (Å²) < 4.78 is 11.1. The van der Waals surface area contributed by atoms with Crippen LogP contribution in [-0.4, -0.2) is 24.1 Å². The van der Waals surface area contributed by atoms with E-state index in [4.69, 9.17) is 19.4 Å². The molecule has 0 spiro atoms. The van der Waals surface area contributed by atoms with E-state index in [0.717, 1.165) is 93.8 Å². The van der Waals surface area contributed by atoms with E-state index in [0.29, 0.717) is 17.6 Å². The van der Waals surface area contributed by atoms with Crippen molar-refractivity contribution in [3.63, 3.8) is 0 Å². The fraction of sp³-hybridized carbons (Fsp3) is 0.0455. The minimum atomic E-state index is -0.202. The van der Waals surface area contributed by atoms with Crippen molar-refractivity contribution < 1.29 is 4.42 Å². The van der Waals surface area contributed by atoms with Gasteiger partial charge < -0.3 is 8.98 Å². The Morgan fingerprint density at radius 2 is 0.931 bits per heavy atom. The highest BCUT2D eigenvalue weighted by atomic mass is 16.3. The van der Waals surface area contributed by atoms with Crippen molar-refractivity contribution in [2.45, 2.75) is 19.3 Å². The molecule has 6 nitrogen and oxygen atoms in total. The smallest absolute Gasteiger partial charge is 0.238 e. The molecule has 0 unspecified atom stereocenters. The van der Waals surface area contributed by atoms with E-state index in [2.05, 4.69) is 199 Å². The monoisotopic (exact) mass is 921 g/mol. The van der Waals surface area contributed by atoms with Crippen LogP contribution in [0.3, 0.4) is 0 Å². The fourth-order valence-corrected chi connectivity index (χ4v) is 11.7. The first-order chi connectivity index (χ1) is 35.4. The summed E-state index contributed by atoms with van der Waals surface area (Å²) in [6.45, 7) is 4.68. The van der Waals surface area contributed by atoms with Crippen molar-refractivity contribution in [1.82, 2.24) is 24.1 Å². The van der Waals surface area contributed by atoms with Gasteiger partial charge in [0.15, 0.2) is 11.6 Å². The van der Waals surface area contributed by atoms with Crippen LogP contribution in [0.4, 0.5) is 0 Å². The van der Waals surface area contributed by atoms with E-state index < -0.39 is 0 Å². The number of para-hydroxylation sites is 3. The van der Waals surface area contributed by atoms with Crippen LogP contribution < -0.4 is 0 Å². The van der Waals surface area contributed by atoms with Crippen molar-refractivity contribution in [3.05, 3.63) is 236 Å². The predicted octanol–water partition coefficient (Wildman–Crippen LogP) is 16.9. The summed E-state index contributed by atoms with van der Waals surface area (Å²) in [6.07, 6.45) is 0. The minimum Gasteiger partial charge on any atom is -0.455 e. The van der Waals surface area contributed by atoms with Gasteiger partial charge in [-0.05, 0) is 93.5 Å². The molecule has 0 fully saturated rings. The maximum absolute atomic E-state index is 6.45. The van der Waals surface area contributed by atoms with Gasteiger partial charge in [0.1, 0.15) is 11.2 Å². The number of aromatic nitrogens is 5. The van der Waals surface area contributed by atoms with Crippen molar-refractivity contribution in [3.8, 4) is 67.8 Å². The lowest BCUT2D eigenvalue weighted by atomic mass is 9.82. The van der Waals surface area contributed by atoms with Crippen LogP contribution in [-0.2, 0) is 5.41 Å². The molecule has 4 heterocycles. The summed E-state index contributed by atoms with van der Waals surface area (Å²) in [5, 5.41) is 6.96. The molecule has 1 aliphatic carbocycles. The lowest BCUT2D eigenvalue weighted by molar-refractivity contribution is 0.661. The summed E-state index contributed by atoms with van der Waals surface area (Å²) in [6, 6.07) is 80.2. The molecule has 0 bridgehead atoms. The number of furan rings is 1. The maximum Gasteiger partial charge on any atom is 0.238 e. The van der Waals surface area contributed by atoms with E-state index >= 15 is 0 Å². The Labute approximate surface area is 414 Å². The van der Waals surface area contributed by atoms with Gasteiger partial charge in [0, 0.05) is 60.1 Å². The van der Waals surface area contributed by atoms with Crippen molar-refractivity contribution in [1.29, 1.82) is 0 Å². The van der Waals surface area contributed by atoms with Crippen LogP contribution in [0.5, 0.6) is 0 Å². The average molecular weight is 922 g/mol. The molecule has 0 aliphatic heterocycles. The molecule has 72 heavy (non-hydrogen) atoms. The highest BCUT2D eigenvalue weighted by molar-refractivity contribution is 6.14. The van der Waals surface area contributed by atoms with Crippen LogP contribution in [0.25, 0.3) is 133 Å². The first-order valence-electron chi connectivity index (χ1n) is 24.6. The summed E-state index contributed by atoms with van der Waals surface area (Å²) in [5.41, 5.74) is 18.6. The van der Waals surface area contributed by atoms with Gasteiger partial charge in [-0.3, -0.25) is 4.57 Å². The Morgan fingerprint density at radius 1 is 0.347 bits per heavy atom. The third-order valence-corrected chi connectivity index (χ3v) is 15.2. The first kappa shape index (κ1) is 40.5. The van der Waals surface area contributed by atoms with Gasteiger partial charge in [-0.2, -0.15) is 9.97 Å². The van der Waals surface area contributed by atoms with Gasteiger partial charge in [-0.15, -0.1) is 0 Å². The molecule has 0 N–H and O–H groups in total. The van der Waals surface area contributed by atoms with E-state index in [9.17, 15) is 0 Å². The third-order valence-electron chi connectivity index (χ3n) is 15.2. The van der Waals surface area contributed by atoms with Gasteiger partial charge in [0.25, 0.3) is 0 Å². The van der Waals surface area contributed by atoms with Crippen LogP contribution in [0.15, 0.2) is 229 Å². The van der Waals surface area contributed by atoms with Gasteiger partial charge in [-0.1, -0.05) is 184 Å². The number of nitrogens with zero attached hydrogens (tertiary/aromatic N) is 5. The Hall–Kier alpha value is -9.39. The molecule has 338 valence electrons. The topological polar surface area (TPSA) is 61.7 Å². The van der Waals surface area contributed by atoms with E-state index in [1.54, 1.807) is 0 Å². The fourth-order valence-electron chi connectivity index (χ4n) is 11.7. The SMILES string of the molecule is CC1(C)c2ccccc2-c2cc3c4cc(-c5ccc6c7ccccc7n(-c7ccc(-c8cccc9c8oc8ccccc89)cc7)c6c5)ccc4n(-c4nc(-c5ccccc5)nc(-c5ccccc5)n4)c3cc21. The molecule has 6 heteroatoms. The lowest BCUT2D eigenvalue weighted by Gasteiger charge is -2.21. The molecule has 1 aliphatic rings. The highest BCUT2D eigenvalue weighted by Gasteiger charge is 2.36. The van der Waals surface area contributed by atoms with Crippen LogP contribution >= 0.6 is 0 Å². The van der Waals surface area contributed by atoms with Crippen molar-refractivity contribution in [2.24, 2.45) is 0 Å². The Bertz CT molecular complexity index is 4460. The lowest BCUT2D eigenvalue weighted by Crippen LogP contribution is -2.15. The van der Waals surface area contributed by atoms with Gasteiger partial charge in [-0.25, -0.2) is 4.98 Å². The van der Waals surface area contributed by atoms with Crippen LogP contribution in [0.1, 0.15) is 25.0 Å². The molecule has 0 amide bonds. The van der Waals surface area contributed by atoms with Gasteiger partial charge >= 0.3 is 0 Å². The number of benzene rings is 10. The molecule has 4 aromatic heterocycles. The number of rotatable bonds is 6. The number of hydrogen-bond acceptors (Lipinski definition) is 4. The zero-order valence-electron chi connectivity index (χ0n) is 39.5. The first-order valence-corrected chi connectivity index (χ1v) is 24.6. The second-order valence-corrected chi connectivity index (χ2v) is 19.6. The maximum atomic E-state index is 6.45. The minimum absolute atomic E-state index is 0.202. The summed E-state index contributed by atoms with van der Waals surface area (Å²) in [7, 11) is 0. The van der Waals surface area contributed by atoms with Crippen molar-refractivity contribution >= 4 is 65.6 Å². The second-order valence-electron chi connectivity index (χ2n) is 19.6. The van der Waals surface area contributed by atoms with Crippen LogP contribution in [0.2, 0.25) is 0 Å². The quantitative estimate of drug-likeness (QED) is 0.167. The molecular formula is C66H43N5O. The van der Waals surface area contributed by atoms with E-state index in [1.165, 1.54) is 33.0 Å². The Kier molecular flexibility index (Phi) is 8.61. The number of fused-ring (bicyclic) bond motifs is 12. The molecule has 0 radical (unpaired) electrons. The van der Waals surface area contributed by atoms with Crippen LogP contribution in [0, 0.1) is 0 Å². The normalized spacial score (nSPS) is 13.0. The summed E-state index contributed by atoms with van der Waals surface area (Å²) in [4.78, 5) is 15.7. The highest BCUT2D eigenvalue weighted by Crippen LogP contribution is 2.51. The zero-order chi connectivity index (χ0) is 47.7. The zero-order valence-corrected chi connectivity index (χ0v) is 39.5. The molecule has 0 atom stereocenters. The van der Waals surface area contributed by atoms with E-state index in [1.807, 2.05) is 48.5 Å².